The third kappa shape index (κ3) is 4.43. The molecule has 10 rings (SSSR count). The first-order valence-electron chi connectivity index (χ1n) is 17.2. The van der Waals surface area contributed by atoms with Gasteiger partial charge < -0.3 is 9.80 Å². The molecule has 0 bridgehead atoms. The zero-order chi connectivity index (χ0) is 33.0. The number of para-hydroxylation sites is 4. The van der Waals surface area contributed by atoms with E-state index in [1.165, 1.54) is 78.4 Å². The van der Waals surface area contributed by atoms with Crippen molar-refractivity contribution in [2.24, 2.45) is 0 Å². The molecule has 2 heteroatoms. The van der Waals surface area contributed by atoms with Crippen LogP contribution in [0.1, 0.15) is 0 Å². The van der Waals surface area contributed by atoms with Crippen LogP contribution in [0.5, 0.6) is 0 Å². The molecule has 2 nitrogen and oxygen atoms in total. The standard InChI is InChI=1S/C48H32N2/c1-2-14-38-37(13-1)41-17-5-9-21-45(41)49(46-22-10-6-18-42(38)46)35-29-25-33(26-30-35)34-27-31-36(32-28-34)50-47-23-11-7-19-43(47)39-15-3-4-16-40(39)44-20-8-12-24-48(44)50/h1-32H. The summed E-state index contributed by atoms with van der Waals surface area (Å²) in [6, 6.07) is 70.5. The van der Waals surface area contributed by atoms with Crippen molar-refractivity contribution in [1.29, 1.82) is 0 Å². The zero-order valence-corrected chi connectivity index (χ0v) is 27.4. The lowest BCUT2D eigenvalue weighted by Crippen LogP contribution is -2.11. The van der Waals surface area contributed by atoms with E-state index < -0.39 is 0 Å². The lowest BCUT2D eigenvalue weighted by atomic mass is 9.95. The van der Waals surface area contributed by atoms with Crippen molar-refractivity contribution < 1.29 is 0 Å². The molecule has 0 aromatic heterocycles. The van der Waals surface area contributed by atoms with E-state index in [1.807, 2.05) is 0 Å². The van der Waals surface area contributed by atoms with E-state index in [1.54, 1.807) is 0 Å². The number of anilines is 6. The van der Waals surface area contributed by atoms with Crippen LogP contribution in [0.4, 0.5) is 34.1 Å². The van der Waals surface area contributed by atoms with E-state index >= 15 is 0 Å². The molecule has 0 spiro atoms. The smallest absolute Gasteiger partial charge is 0.0540 e. The van der Waals surface area contributed by atoms with Gasteiger partial charge in [-0.25, -0.2) is 0 Å². The largest absolute Gasteiger partial charge is 0.309 e. The summed E-state index contributed by atoms with van der Waals surface area (Å²) >= 11 is 0. The first kappa shape index (κ1) is 28.4. The van der Waals surface area contributed by atoms with Crippen LogP contribution < -0.4 is 9.80 Å². The predicted molar refractivity (Wildman–Crippen MR) is 210 cm³/mol. The van der Waals surface area contributed by atoms with Gasteiger partial charge in [-0.2, -0.15) is 0 Å². The molecule has 2 heterocycles. The van der Waals surface area contributed by atoms with E-state index in [4.69, 9.17) is 0 Å². The highest BCUT2D eigenvalue weighted by molar-refractivity contribution is 6.04. The van der Waals surface area contributed by atoms with Crippen LogP contribution in [0.15, 0.2) is 194 Å². The maximum atomic E-state index is 2.41. The molecule has 234 valence electrons. The maximum Gasteiger partial charge on any atom is 0.0540 e. The summed E-state index contributed by atoms with van der Waals surface area (Å²) in [6.45, 7) is 0. The number of fused-ring (bicyclic) bond motifs is 10. The predicted octanol–water partition coefficient (Wildman–Crippen LogP) is 13.6. The lowest BCUT2D eigenvalue weighted by molar-refractivity contribution is 1.29. The van der Waals surface area contributed by atoms with Gasteiger partial charge in [-0.05, 0) is 81.9 Å². The number of benzene rings is 8. The summed E-state index contributed by atoms with van der Waals surface area (Å²) in [5.74, 6) is 0. The Labute approximate surface area is 292 Å². The summed E-state index contributed by atoms with van der Waals surface area (Å²) < 4.78 is 0. The van der Waals surface area contributed by atoms with Gasteiger partial charge in [-0.15, -0.1) is 0 Å². The van der Waals surface area contributed by atoms with Gasteiger partial charge in [0.25, 0.3) is 0 Å². The van der Waals surface area contributed by atoms with Crippen molar-refractivity contribution in [3.05, 3.63) is 194 Å². The molecule has 50 heavy (non-hydrogen) atoms. The highest BCUT2D eigenvalue weighted by atomic mass is 15.2. The summed E-state index contributed by atoms with van der Waals surface area (Å²) in [7, 11) is 0. The fourth-order valence-electron chi connectivity index (χ4n) is 7.91. The second-order valence-electron chi connectivity index (χ2n) is 12.9. The highest BCUT2D eigenvalue weighted by Gasteiger charge is 2.27. The minimum Gasteiger partial charge on any atom is -0.309 e. The summed E-state index contributed by atoms with van der Waals surface area (Å²) in [5, 5.41) is 0. The second-order valence-corrected chi connectivity index (χ2v) is 12.9. The van der Waals surface area contributed by atoms with Gasteiger partial charge in [-0.3, -0.25) is 0 Å². The minimum absolute atomic E-state index is 1.13. The third-order valence-corrected chi connectivity index (χ3v) is 10.2. The highest BCUT2D eigenvalue weighted by Crippen LogP contribution is 2.52. The molecule has 0 N–H and O–H groups in total. The average Bonchev–Trinajstić information content (AvgIpc) is 3.40. The first-order valence-corrected chi connectivity index (χ1v) is 17.2. The van der Waals surface area contributed by atoms with Crippen molar-refractivity contribution in [1.82, 2.24) is 0 Å². The molecule has 0 radical (unpaired) electrons. The fraction of sp³-hybridized carbons (Fsp3) is 0. The summed E-state index contributed by atoms with van der Waals surface area (Å²) in [6.07, 6.45) is 0. The Morgan fingerprint density at radius 3 is 0.680 bits per heavy atom. The Morgan fingerprint density at radius 1 is 0.200 bits per heavy atom. The van der Waals surface area contributed by atoms with Gasteiger partial charge in [-0.1, -0.05) is 146 Å². The average molecular weight is 637 g/mol. The molecular formula is C48H32N2. The topological polar surface area (TPSA) is 6.48 Å². The van der Waals surface area contributed by atoms with Crippen molar-refractivity contribution in [2.45, 2.75) is 0 Å². The van der Waals surface area contributed by atoms with Crippen molar-refractivity contribution in [2.75, 3.05) is 9.80 Å². The Balaban J connectivity index is 1.04. The van der Waals surface area contributed by atoms with Crippen LogP contribution in [-0.2, 0) is 0 Å². The molecule has 0 amide bonds. The van der Waals surface area contributed by atoms with E-state index in [0.717, 1.165) is 11.4 Å². The van der Waals surface area contributed by atoms with Crippen molar-refractivity contribution >= 4 is 34.1 Å². The van der Waals surface area contributed by atoms with Gasteiger partial charge in [0, 0.05) is 33.6 Å². The molecule has 0 atom stereocenters. The van der Waals surface area contributed by atoms with Gasteiger partial charge in [0.05, 0.1) is 22.7 Å². The maximum absolute atomic E-state index is 2.41. The Morgan fingerprint density at radius 2 is 0.420 bits per heavy atom. The van der Waals surface area contributed by atoms with Crippen molar-refractivity contribution in [3.63, 3.8) is 0 Å². The molecule has 0 aliphatic carbocycles. The normalized spacial score (nSPS) is 12.3. The number of hydrogen-bond acceptors (Lipinski definition) is 2. The Kier molecular flexibility index (Phi) is 6.53. The second kappa shape index (κ2) is 11.5. The monoisotopic (exact) mass is 636 g/mol. The molecule has 0 fully saturated rings. The molecule has 2 aliphatic rings. The van der Waals surface area contributed by atoms with Crippen LogP contribution >= 0.6 is 0 Å². The quantitative estimate of drug-likeness (QED) is 0.190. The van der Waals surface area contributed by atoms with E-state index in [0.29, 0.717) is 0 Å². The van der Waals surface area contributed by atoms with Crippen LogP contribution in [-0.4, -0.2) is 0 Å². The fourth-order valence-corrected chi connectivity index (χ4v) is 7.91. The summed E-state index contributed by atoms with van der Waals surface area (Å²) in [4.78, 5) is 4.81. The van der Waals surface area contributed by atoms with Crippen LogP contribution in [0, 0.1) is 0 Å². The summed E-state index contributed by atoms with van der Waals surface area (Å²) in [5.41, 5.74) is 19.3. The molecule has 8 aromatic carbocycles. The molecule has 8 aromatic rings. The molecule has 2 aliphatic heterocycles. The SMILES string of the molecule is c1ccc2c(c1)-c1ccccc1N(c1ccc(-c3ccc(N4c5ccccc5-c5ccccc5-c5ccccc54)cc3)cc1)c1ccccc1-2. The van der Waals surface area contributed by atoms with Crippen LogP contribution in [0.2, 0.25) is 0 Å². The van der Waals surface area contributed by atoms with Gasteiger partial charge in [0.15, 0.2) is 0 Å². The Bertz CT molecular complexity index is 2230. The first-order chi connectivity index (χ1) is 24.8. The van der Waals surface area contributed by atoms with Gasteiger partial charge in [0.2, 0.25) is 0 Å². The lowest BCUT2D eigenvalue weighted by Gasteiger charge is -2.28. The van der Waals surface area contributed by atoms with E-state index in [2.05, 4.69) is 204 Å². The molecule has 0 saturated carbocycles. The van der Waals surface area contributed by atoms with E-state index in [-0.39, 0.29) is 0 Å². The third-order valence-electron chi connectivity index (χ3n) is 10.2. The zero-order valence-electron chi connectivity index (χ0n) is 27.4. The Hall–Kier alpha value is -6.64. The molecular weight excluding hydrogens is 605 g/mol. The van der Waals surface area contributed by atoms with Crippen molar-refractivity contribution in [3.8, 4) is 55.6 Å². The van der Waals surface area contributed by atoms with E-state index in [9.17, 15) is 0 Å². The number of rotatable bonds is 3. The number of hydrogen-bond donors (Lipinski definition) is 0. The van der Waals surface area contributed by atoms with Gasteiger partial charge in [0.1, 0.15) is 0 Å². The molecule has 0 unspecified atom stereocenters. The number of nitrogens with zero attached hydrogens (tertiary/aromatic N) is 2. The molecule has 0 saturated heterocycles. The van der Waals surface area contributed by atoms with Crippen LogP contribution in [0.3, 0.4) is 0 Å². The van der Waals surface area contributed by atoms with Crippen LogP contribution in [0.25, 0.3) is 55.6 Å². The van der Waals surface area contributed by atoms with Gasteiger partial charge >= 0.3 is 0 Å². The minimum atomic E-state index is 1.13.